The fourth-order valence-corrected chi connectivity index (χ4v) is 3.63. The molecule has 124 valence electrons. The first-order valence-electron chi connectivity index (χ1n) is 7.63. The number of ether oxygens (including phenoxy) is 2. The zero-order valence-corrected chi connectivity index (χ0v) is 13.9. The van der Waals surface area contributed by atoms with Gasteiger partial charge in [0.25, 0.3) is 0 Å². The van der Waals surface area contributed by atoms with Crippen molar-refractivity contribution >= 4 is 10.0 Å². The normalized spacial score (nSPS) is 16.3. The van der Waals surface area contributed by atoms with E-state index < -0.39 is 10.0 Å². The highest BCUT2D eigenvalue weighted by atomic mass is 32.2. The molecule has 3 N–H and O–H groups in total. The second kappa shape index (κ2) is 7.30. The van der Waals surface area contributed by atoms with Crippen LogP contribution in [0.1, 0.15) is 26.7 Å². The van der Waals surface area contributed by atoms with E-state index in [2.05, 4.69) is 4.72 Å². The molecule has 1 unspecified atom stereocenters. The van der Waals surface area contributed by atoms with Gasteiger partial charge in [0, 0.05) is 18.7 Å². The van der Waals surface area contributed by atoms with Gasteiger partial charge in [-0.15, -0.1) is 0 Å². The minimum absolute atomic E-state index is 0.165. The molecule has 1 aliphatic rings. The average molecular weight is 328 g/mol. The third kappa shape index (κ3) is 4.12. The van der Waals surface area contributed by atoms with Gasteiger partial charge in [-0.2, -0.15) is 0 Å². The Morgan fingerprint density at radius 2 is 1.86 bits per heavy atom. The molecular weight excluding hydrogens is 304 g/mol. The van der Waals surface area contributed by atoms with Crippen LogP contribution in [0, 0.1) is 5.92 Å². The van der Waals surface area contributed by atoms with E-state index in [0.717, 1.165) is 12.8 Å². The summed E-state index contributed by atoms with van der Waals surface area (Å²) in [6.07, 6.45) is 2.05. The van der Waals surface area contributed by atoms with Gasteiger partial charge in [0.15, 0.2) is 11.5 Å². The lowest BCUT2D eigenvalue weighted by molar-refractivity contribution is 0.287. The van der Waals surface area contributed by atoms with Crippen molar-refractivity contribution in [2.75, 3.05) is 19.8 Å². The smallest absolute Gasteiger partial charge is 0.241 e. The molecule has 0 aromatic heterocycles. The standard InChI is InChI=1S/C15H24N2O4S/c1-3-20-14-8-7-12(9-15(14)21-4-2)22(18,19)17-13(10-16)11-5-6-11/h7-9,11,13,17H,3-6,10,16H2,1-2H3. The molecule has 7 heteroatoms. The molecule has 0 aliphatic heterocycles. The van der Waals surface area contributed by atoms with Crippen LogP contribution < -0.4 is 19.9 Å². The molecule has 22 heavy (non-hydrogen) atoms. The number of nitrogens with one attached hydrogen (secondary N) is 1. The Morgan fingerprint density at radius 3 is 2.41 bits per heavy atom. The predicted molar refractivity (Wildman–Crippen MR) is 84.7 cm³/mol. The maximum atomic E-state index is 12.5. The highest BCUT2D eigenvalue weighted by Gasteiger charge is 2.33. The highest BCUT2D eigenvalue weighted by Crippen LogP contribution is 2.34. The molecule has 0 amide bonds. The molecule has 1 fully saturated rings. The van der Waals surface area contributed by atoms with Crippen LogP contribution in [0.3, 0.4) is 0 Å². The van der Waals surface area contributed by atoms with Crippen molar-refractivity contribution in [1.82, 2.24) is 4.72 Å². The van der Waals surface area contributed by atoms with Crippen molar-refractivity contribution in [3.8, 4) is 11.5 Å². The summed E-state index contributed by atoms with van der Waals surface area (Å²) in [5, 5.41) is 0. The maximum Gasteiger partial charge on any atom is 0.241 e. The van der Waals surface area contributed by atoms with Gasteiger partial charge < -0.3 is 15.2 Å². The Labute approximate surface area is 132 Å². The van der Waals surface area contributed by atoms with Crippen molar-refractivity contribution in [2.24, 2.45) is 11.7 Å². The first-order chi connectivity index (χ1) is 10.5. The Hall–Kier alpha value is -1.31. The summed E-state index contributed by atoms with van der Waals surface area (Å²) >= 11 is 0. The van der Waals surface area contributed by atoms with Crippen molar-refractivity contribution < 1.29 is 17.9 Å². The second-order valence-electron chi connectivity index (χ2n) is 5.28. The maximum absolute atomic E-state index is 12.5. The monoisotopic (exact) mass is 328 g/mol. The van der Waals surface area contributed by atoms with Gasteiger partial charge in [-0.25, -0.2) is 13.1 Å². The summed E-state index contributed by atoms with van der Waals surface area (Å²) in [6, 6.07) is 4.44. The molecule has 6 nitrogen and oxygen atoms in total. The van der Waals surface area contributed by atoms with Crippen molar-refractivity contribution in [3.63, 3.8) is 0 Å². The molecule has 1 aliphatic carbocycles. The summed E-state index contributed by atoms with van der Waals surface area (Å²) in [5.74, 6) is 1.33. The number of hydrogen-bond donors (Lipinski definition) is 2. The van der Waals surface area contributed by atoms with Crippen molar-refractivity contribution in [1.29, 1.82) is 0 Å². The molecule has 1 aromatic rings. The van der Waals surface area contributed by atoms with Gasteiger partial charge in [-0.3, -0.25) is 0 Å². The van der Waals surface area contributed by atoms with Crippen LogP contribution >= 0.6 is 0 Å². The molecule has 0 spiro atoms. The van der Waals surface area contributed by atoms with E-state index in [1.165, 1.54) is 12.1 Å². The number of nitrogens with two attached hydrogens (primary N) is 1. The average Bonchev–Trinajstić information content (AvgIpc) is 3.31. The molecule has 0 saturated heterocycles. The van der Waals surface area contributed by atoms with E-state index >= 15 is 0 Å². The Balaban J connectivity index is 2.23. The summed E-state index contributed by atoms with van der Waals surface area (Å²) < 4.78 is 38.6. The van der Waals surface area contributed by atoms with Crippen LogP contribution in [-0.4, -0.2) is 34.2 Å². The quantitative estimate of drug-likeness (QED) is 0.717. The minimum atomic E-state index is -3.61. The SMILES string of the molecule is CCOc1ccc(S(=O)(=O)NC(CN)C2CC2)cc1OCC. The summed E-state index contributed by atoms with van der Waals surface area (Å²) in [5.41, 5.74) is 5.67. The lowest BCUT2D eigenvalue weighted by Gasteiger charge is -2.17. The molecule has 0 heterocycles. The van der Waals surface area contributed by atoms with E-state index in [1.54, 1.807) is 6.07 Å². The van der Waals surface area contributed by atoms with Gasteiger partial charge in [0.1, 0.15) is 0 Å². The molecule has 0 radical (unpaired) electrons. The van der Waals surface area contributed by atoms with Crippen LogP contribution in [0.2, 0.25) is 0 Å². The van der Waals surface area contributed by atoms with Crippen molar-refractivity contribution in [2.45, 2.75) is 37.6 Å². The van der Waals surface area contributed by atoms with Crippen LogP contribution in [0.4, 0.5) is 0 Å². The van der Waals surface area contributed by atoms with Gasteiger partial charge in [-0.1, -0.05) is 0 Å². The van der Waals surface area contributed by atoms with Gasteiger partial charge in [-0.05, 0) is 44.7 Å². The highest BCUT2D eigenvalue weighted by molar-refractivity contribution is 7.89. The summed E-state index contributed by atoms with van der Waals surface area (Å²) in [4.78, 5) is 0.165. The fraction of sp³-hybridized carbons (Fsp3) is 0.600. The van der Waals surface area contributed by atoms with E-state index in [9.17, 15) is 8.42 Å². The molecular formula is C15H24N2O4S. The number of benzene rings is 1. The van der Waals surface area contributed by atoms with E-state index in [1.807, 2.05) is 13.8 Å². The second-order valence-corrected chi connectivity index (χ2v) is 6.99. The lowest BCUT2D eigenvalue weighted by atomic mass is 10.2. The van der Waals surface area contributed by atoms with Crippen LogP contribution in [0.25, 0.3) is 0 Å². The number of hydrogen-bond acceptors (Lipinski definition) is 5. The van der Waals surface area contributed by atoms with Gasteiger partial charge >= 0.3 is 0 Å². The number of sulfonamides is 1. The fourth-order valence-electron chi connectivity index (χ4n) is 2.30. The van der Waals surface area contributed by atoms with Crippen LogP contribution in [-0.2, 0) is 10.0 Å². The predicted octanol–water partition coefficient (Wildman–Crippen LogP) is 1.50. The minimum Gasteiger partial charge on any atom is -0.490 e. The van der Waals surface area contributed by atoms with E-state index in [4.69, 9.17) is 15.2 Å². The molecule has 1 aromatic carbocycles. The topological polar surface area (TPSA) is 90.7 Å². The van der Waals surface area contributed by atoms with Crippen molar-refractivity contribution in [3.05, 3.63) is 18.2 Å². The third-order valence-electron chi connectivity index (χ3n) is 3.58. The largest absolute Gasteiger partial charge is 0.490 e. The summed E-state index contributed by atoms with van der Waals surface area (Å²) in [7, 11) is -3.61. The third-order valence-corrected chi connectivity index (χ3v) is 5.06. The molecule has 1 atom stereocenters. The molecule has 2 rings (SSSR count). The number of rotatable bonds is 9. The van der Waals surface area contributed by atoms with E-state index in [0.29, 0.717) is 37.2 Å². The Morgan fingerprint density at radius 1 is 1.23 bits per heavy atom. The zero-order chi connectivity index (χ0) is 16.2. The zero-order valence-electron chi connectivity index (χ0n) is 13.0. The molecule has 1 saturated carbocycles. The van der Waals surface area contributed by atoms with E-state index in [-0.39, 0.29) is 10.9 Å². The molecule has 0 bridgehead atoms. The first kappa shape index (κ1) is 17.1. The Kier molecular flexibility index (Phi) is 5.66. The van der Waals surface area contributed by atoms with Crippen LogP contribution in [0.5, 0.6) is 11.5 Å². The Bertz CT molecular complexity index is 600. The lowest BCUT2D eigenvalue weighted by Crippen LogP contribution is -2.41. The summed E-state index contributed by atoms with van der Waals surface area (Å²) in [6.45, 7) is 4.93. The van der Waals surface area contributed by atoms with Gasteiger partial charge in [0.2, 0.25) is 10.0 Å². The van der Waals surface area contributed by atoms with Crippen LogP contribution in [0.15, 0.2) is 23.1 Å². The van der Waals surface area contributed by atoms with Gasteiger partial charge in [0.05, 0.1) is 18.1 Å². The first-order valence-corrected chi connectivity index (χ1v) is 9.12.